The molecule has 1 rings (SSSR count). The van der Waals surface area contributed by atoms with Crippen molar-refractivity contribution in [3.63, 3.8) is 0 Å². The Hall–Kier alpha value is -2.15. The van der Waals surface area contributed by atoms with Crippen molar-refractivity contribution in [2.45, 2.75) is 37.3 Å². The van der Waals surface area contributed by atoms with E-state index < -0.39 is 27.0 Å². The molecule has 0 aliphatic heterocycles. The van der Waals surface area contributed by atoms with E-state index in [4.69, 9.17) is 9.47 Å². The van der Waals surface area contributed by atoms with Gasteiger partial charge in [0.1, 0.15) is 13.2 Å². The molecular weight excluding hydrogens is 332 g/mol. The van der Waals surface area contributed by atoms with Gasteiger partial charge in [-0.25, -0.2) is 13.2 Å². The zero-order valence-electron chi connectivity index (χ0n) is 14.1. The van der Waals surface area contributed by atoms with Crippen LogP contribution >= 0.6 is 0 Å². The lowest BCUT2D eigenvalue weighted by Crippen LogP contribution is -2.16. The summed E-state index contributed by atoms with van der Waals surface area (Å²) in [4.78, 5) is 23.0. The zero-order valence-corrected chi connectivity index (χ0v) is 14.9. The van der Waals surface area contributed by atoms with Crippen LogP contribution in [0.15, 0.2) is 41.3 Å². The monoisotopic (exact) mass is 354 g/mol. The predicted molar refractivity (Wildman–Crippen MR) is 89.2 cm³/mol. The van der Waals surface area contributed by atoms with E-state index in [0.29, 0.717) is 5.56 Å². The molecule has 0 saturated heterocycles. The lowest BCUT2D eigenvalue weighted by molar-refractivity contribution is -0.149. The highest BCUT2D eigenvalue weighted by atomic mass is 32.2. The number of hydrogen-bond acceptors (Lipinski definition) is 6. The van der Waals surface area contributed by atoms with E-state index in [0.717, 1.165) is 0 Å². The van der Waals surface area contributed by atoms with Crippen molar-refractivity contribution < 1.29 is 27.5 Å². The van der Waals surface area contributed by atoms with Crippen LogP contribution in [0.5, 0.6) is 0 Å². The van der Waals surface area contributed by atoms with Crippen LogP contribution < -0.4 is 0 Å². The van der Waals surface area contributed by atoms with Gasteiger partial charge in [-0.1, -0.05) is 18.7 Å². The first-order valence-electron chi connectivity index (χ1n) is 7.45. The molecule has 0 radical (unpaired) electrons. The lowest BCUT2D eigenvalue weighted by Gasteiger charge is -2.09. The molecule has 0 amide bonds. The van der Waals surface area contributed by atoms with Crippen LogP contribution in [-0.2, 0) is 35.3 Å². The summed E-state index contributed by atoms with van der Waals surface area (Å²) in [5, 5.41) is -0.504. The number of esters is 2. The number of carbonyl (C=O) groups excluding carboxylic acids is 2. The maximum absolute atomic E-state index is 12.0. The summed E-state index contributed by atoms with van der Waals surface area (Å²) in [6.45, 7) is 8.10. The Kier molecular flexibility index (Phi) is 7.16. The number of carbonyl (C=O) groups is 2. The van der Waals surface area contributed by atoms with Crippen molar-refractivity contribution in [3.05, 3.63) is 42.0 Å². The van der Waals surface area contributed by atoms with E-state index in [1.165, 1.54) is 19.1 Å². The average molecular weight is 354 g/mol. The average Bonchev–Trinajstić information content (AvgIpc) is 2.51. The van der Waals surface area contributed by atoms with Crippen LogP contribution in [0.25, 0.3) is 0 Å². The zero-order chi connectivity index (χ0) is 18.3. The quantitative estimate of drug-likeness (QED) is 0.403. The van der Waals surface area contributed by atoms with Gasteiger partial charge in [-0.05, 0) is 38.5 Å². The Balaban J connectivity index is 2.48. The fourth-order valence-corrected chi connectivity index (χ4v) is 2.76. The molecule has 0 unspecified atom stereocenters. The van der Waals surface area contributed by atoms with Crippen LogP contribution in [0, 0.1) is 0 Å². The molecule has 0 atom stereocenters. The second kappa shape index (κ2) is 8.63. The summed E-state index contributed by atoms with van der Waals surface area (Å²) >= 11 is 0. The SMILES string of the molecule is C=C(C)C(=O)OCCOC(=O)Cc1ccc(S(=O)(=O)C(C)C)cc1. The number of benzene rings is 1. The van der Waals surface area contributed by atoms with Gasteiger partial charge in [0.05, 0.1) is 16.6 Å². The molecule has 0 bridgehead atoms. The summed E-state index contributed by atoms with van der Waals surface area (Å²) in [6, 6.07) is 6.12. The van der Waals surface area contributed by atoms with Crippen LogP contribution in [0.4, 0.5) is 0 Å². The van der Waals surface area contributed by atoms with Crippen molar-refractivity contribution in [1.29, 1.82) is 0 Å². The van der Waals surface area contributed by atoms with Gasteiger partial charge in [-0.15, -0.1) is 0 Å². The summed E-state index contributed by atoms with van der Waals surface area (Å²) in [7, 11) is -3.33. The van der Waals surface area contributed by atoms with Crippen LogP contribution in [0.3, 0.4) is 0 Å². The molecule has 0 fully saturated rings. The molecule has 24 heavy (non-hydrogen) atoms. The topological polar surface area (TPSA) is 86.7 Å². The van der Waals surface area contributed by atoms with Gasteiger partial charge in [0.2, 0.25) is 0 Å². The molecule has 0 spiro atoms. The molecule has 0 saturated carbocycles. The van der Waals surface area contributed by atoms with E-state index >= 15 is 0 Å². The van der Waals surface area contributed by atoms with Gasteiger partial charge in [0.25, 0.3) is 0 Å². The molecule has 132 valence electrons. The Labute approximate surface area is 142 Å². The van der Waals surface area contributed by atoms with Crippen molar-refractivity contribution >= 4 is 21.8 Å². The van der Waals surface area contributed by atoms with Gasteiger partial charge in [0.15, 0.2) is 9.84 Å². The van der Waals surface area contributed by atoms with Crippen LogP contribution in [0.2, 0.25) is 0 Å². The number of rotatable bonds is 8. The summed E-state index contributed by atoms with van der Waals surface area (Å²) in [5.74, 6) is -1.02. The van der Waals surface area contributed by atoms with E-state index in [9.17, 15) is 18.0 Å². The Morgan fingerprint density at radius 2 is 1.62 bits per heavy atom. The van der Waals surface area contributed by atoms with E-state index in [1.807, 2.05) is 0 Å². The summed E-state index contributed by atoms with van der Waals surface area (Å²) < 4.78 is 33.8. The first-order chi connectivity index (χ1) is 11.1. The van der Waals surface area contributed by atoms with Crippen molar-refractivity contribution in [1.82, 2.24) is 0 Å². The fraction of sp³-hybridized carbons (Fsp3) is 0.412. The van der Waals surface area contributed by atoms with Gasteiger partial charge >= 0.3 is 11.9 Å². The Morgan fingerprint density at radius 3 is 2.12 bits per heavy atom. The second-order valence-electron chi connectivity index (χ2n) is 5.55. The normalized spacial score (nSPS) is 11.2. The first-order valence-corrected chi connectivity index (χ1v) is 9.00. The molecule has 1 aromatic carbocycles. The van der Waals surface area contributed by atoms with Crippen molar-refractivity contribution in [2.24, 2.45) is 0 Å². The molecule has 7 heteroatoms. The van der Waals surface area contributed by atoms with Gasteiger partial charge in [-0.2, -0.15) is 0 Å². The highest BCUT2D eigenvalue weighted by Crippen LogP contribution is 2.16. The maximum atomic E-state index is 12.0. The summed E-state index contributed by atoms with van der Waals surface area (Å²) in [5.41, 5.74) is 0.916. The molecule has 0 aliphatic rings. The maximum Gasteiger partial charge on any atom is 0.333 e. The number of ether oxygens (including phenoxy) is 2. The smallest absolute Gasteiger partial charge is 0.333 e. The summed E-state index contributed by atoms with van der Waals surface area (Å²) in [6.07, 6.45) is 0.0104. The van der Waals surface area contributed by atoms with Crippen LogP contribution in [-0.4, -0.2) is 38.8 Å². The van der Waals surface area contributed by atoms with E-state index in [2.05, 4.69) is 6.58 Å². The molecule has 6 nitrogen and oxygen atoms in total. The fourth-order valence-electron chi connectivity index (χ4n) is 1.70. The minimum Gasteiger partial charge on any atom is -0.462 e. The third kappa shape index (κ3) is 5.81. The lowest BCUT2D eigenvalue weighted by atomic mass is 10.1. The highest BCUT2D eigenvalue weighted by molar-refractivity contribution is 7.92. The first kappa shape index (κ1) is 19.9. The molecule has 1 aromatic rings. The van der Waals surface area contributed by atoms with E-state index in [-0.39, 0.29) is 30.1 Å². The van der Waals surface area contributed by atoms with Gasteiger partial charge in [-0.3, -0.25) is 4.79 Å². The standard InChI is InChI=1S/C17H22O6S/c1-12(2)17(19)23-10-9-22-16(18)11-14-5-7-15(8-6-14)24(20,21)13(3)4/h5-8,13H,1,9-11H2,2-4H3. The molecule has 0 heterocycles. The van der Waals surface area contributed by atoms with Crippen molar-refractivity contribution in [3.8, 4) is 0 Å². The molecule has 0 aromatic heterocycles. The Morgan fingerprint density at radius 1 is 1.08 bits per heavy atom. The third-order valence-corrected chi connectivity index (χ3v) is 5.32. The van der Waals surface area contributed by atoms with Gasteiger partial charge in [0, 0.05) is 5.57 Å². The molecular formula is C17H22O6S. The Bertz CT molecular complexity index is 701. The minimum absolute atomic E-state index is 0.0104. The molecule has 0 aliphatic carbocycles. The largest absolute Gasteiger partial charge is 0.462 e. The number of hydrogen-bond donors (Lipinski definition) is 0. The third-order valence-electron chi connectivity index (χ3n) is 3.15. The van der Waals surface area contributed by atoms with E-state index in [1.54, 1.807) is 26.0 Å². The highest BCUT2D eigenvalue weighted by Gasteiger charge is 2.18. The van der Waals surface area contributed by atoms with Crippen molar-refractivity contribution in [2.75, 3.05) is 13.2 Å². The van der Waals surface area contributed by atoms with Crippen LogP contribution in [0.1, 0.15) is 26.3 Å². The second-order valence-corrected chi connectivity index (χ2v) is 8.06. The van der Waals surface area contributed by atoms with Gasteiger partial charge < -0.3 is 9.47 Å². The number of sulfone groups is 1. The molecule has 0 N–H and O–H groups in total. The minimum atomic E-state index is -3.33. The predicted octanol–water partition coefficient (Wildman–Crippen LogP) is 2.07.